The van der Waals surface area contributed by atoms with E-state index >= 15 is 0 Å². The highest BCUT2D eigenvalue weighted by Gasteiger charge is 2.15. The van der Waals surface area contributed by atoms with Gasteiger partial charge in [0, 0.05) is 12.3 Å². The fourth-order valence-corrected chi connectivity index (χ4v) is 3.67. The molecule has 22 heavy (non-hydrogen) atoms. The van der Waals surface area contributed by atoms with Gasteiger partial charge >= 0.3 is 0 Å². The highest BCUT2D eigenvalue weighted by Crippen LogP contribution is 2.27. The molecule has 0 radical (unpaired) electrons. The lowest BCUT2D eigenvalue weighted by atomic mass is 10.3. The summed E-state index contributed by atoms with van der Waals surface area (Å²) >= 11 is 1.72. The highest BCUT2D eigenvalue weighted by molar-refractivity contribution is 7.99. The normalized spacial score (nSPS) is 12.4. The molecular formula is C15H23N3O2S2. The van der Waals surface area contributed by atoms with Gasteiger partial charge in [-0.05, 0) is 30.5 Å². The summed E-state index contributed by atoms with van der Waals surface area (Å²) in [5.41, 5.74) is 1.65. The van der Waals surface area contributed by atoms with Gasteiger partial charge in [0.2, 0.25) is 10.0 Å². The van der Waals surface area contributed by atoms with Crippen LogP contribution in [0, 0.1) is 5.92 Å². The predicted molar refractivity (Wildman–Crippen MR) is 91.6 cm³/mol. The van der Waals surface area contributed by atoms with E-state index in [1.54, 1.807) is 30.0 Å². The van der Waals surface area contributed by atoms with Crippen LogP contribution in [0.5, 0.6) is 0 Å². The number of aryl methyl sites for hydroxylation is 1. The van der Waals surface area contributed by atoms with Gasteiger partial charge in [0.1, 0.15) is 0 Å². The van der Waals surface area contributed by atoms with Crippen molar-refractivity contribution < 1.29 is 8.42 Å². The lowest BCUT2D eigenvalue weighted by Crippen LogP contribution is -2.11. The molecule has 0 aliphatic carbocycles. The van der Waals surface area contributed by atoms with E-state index in [1.807, 2.05) is 0 Å². The largest absolute Gasteiger partial charge is 0.319 e. The number of primary sulfonamides is 1. The minimum Gasteiger partial charge on any atom is -0.319 e. The Kier molecular flexibility index (Phi) is 5.52. The molecule has 0 aliphatic rings. The Morgan fingerprint density at radius 1 is 1.36 bits per heavy atom. The standard InChI is InChI=1S/C15H23N3O2S2/c1-4-5-8-18-14-7-6-12(22(16,19)20)9-13(14)17-15(18)21-10-11(2)3/h6-7,9,11H,4-5,8,10H2,1-3H3,(H2,16,19,20). The number of rotatable bonds is 7. The highest BCUT2D eigenvalue weighted by atomic mass is 32.2. The maximum Gasteiger partial charge on any atom is 0.238 e. The molecule has 0 saturated heterocycles. The molecule has 0 fully saturated rings. The zero-order chi connectivity index (χ0) is 16.3. The van der Waals surface area contributed by atoms with Crippen LogP contribution < -0.4 is 5.14 Å². The molecule has 2 N–H and O–H groups in total. The number of imidazole rings is 1. The monoisotopic (exact) mass is 341 g/mol. The van der Waals surface area contributed by atoms with Crippen molar-refractivity contribution in [1.29, 1.82) is 0 Å². The predicted octanol–water partition coefficient (Wildman–Crippen LogP) is 3.23. The average Bonchev–Trinajstić information content (AvgIpc) is 2.78. The summed E-state index contributed by atoms with van der Waals surface area (Å²) in [6, 6.07) is 4.92. The van der Waals surface area contributed by atoms with E-state index in [2.05, 4.69) is 30.3 Å². The van der Waals surface area contributed by atoms with Crippen molar-refractivity contribution in [2.75, 3.05) is 5.75 Å². The fourth-order valence-electron chi connectivity index (χ4n) is 2.15. The minimum atomic E-state index is -3.70. The first-order chi connectivity index (χ1) is 10.3. The number of unbranched alkanes of at least 4 members (excludes halogenated alkanes) is 1. The Labute approximate surface area is 136 Å². The lowest BCUT2D eigenvalue weighted by molar-refractivity contribution is 0.597. The van der Waals surface area contributed by atoms with Gasteiger partial charge in [-0.3, -0.25) is 0 Å². The Bertz CT molecular complexity index is 751. The van der Waals surface area contributed by atoms with Crippen LogP contribution in [0.15, 0.2) is 28.3 Å². The van der Waals surface area contributed by atoms with Gasteiger partial charge in [-0.1, -0.05) is 39.0 Å². The lowest BCUT2D eigenvalue weighted by Gasteiger charge is -2.09. The molecule has 0 bridgehead atoms. The van der Waals surface area contributed by atoms with Crippen LogP contribution in [0.2, 0.25) is 0 Å². The molecule has 2 aromatic rings. The van der Waals surface area contributed by atoms with Crippen LogP contribution in [0.1, 0.15) is 33.6 Å². The number of thioether (sulfide) groups is 1. The van der Waals surface area contributed by atoms with Crippen LogP contribution in [-0.2, 0) is 16.6 Å². The molecule has 122 valence electrons. The topological polar surface area (TPSA) is 78.0 Å². The fraction of sp³-hybridized carbons (Fsp3) is 0.533. The van der Waals surface area contributed by atoms with E-state index < -0.39 is 10.0 Å². The number of hydrogen-bond donors (Lipinski definition) is 1. The van der Waals surface area contributed by atoms with Gasteiger partial charge in [-0.2, -0.15) is 0 Å². The third-order valence-corrected chi connectivity index (χ3v) is 5.61. The molecule has 1 aromatic heterocycles. The molecule has 2 rings (SSSR count). The van der Waals surface area contributed by atoms with Gasteiger partial charge in [0.15, 0.2) is 5.16 Å². The number of hydrogen-bond acceptors (Lipinski definition) is 4. The van der Waals surface area contributed by atoms with Crippen LogP contribution in [0.25, 0.3) is 11.0 Å². The molecule has 0 aliphatic heterocycles. The number of fused-ring (bicyclic) bond motifs is 1. The third kappa shape index (κ3) is 4.02. The van der Waals surface area contributed by atoms with Crippen molar-refractivity contribution in [3.63, 3.8) is 0 Å². The van der Waals surface area contributed by atoms with Crippen molar-refractivity contribution >= 4 is 32.8 Å². The smallest absolute Gasteiger partial charge is 0.238 e. The second kappa shape index (κ2) is 7.02. The van der Waals surface area contributed by atoms with Gasteiger partial charge in [0.05, 0.1) is 15.9 Å². The van der Waals surface area contributed by atoms with Crippen molar-refractivity contribution in [1.82, 2.24) is 9.55 Å². The Morgan fingerprint density at radius 3 is 2.68 bits per heavy atom. The zero-order valence-corrected chi connectivity index (χ0v) is 14.9. The molecular weight excluding hydrogens is 318 g/mol. The average molecular weight is 342 g/mol. The molecule has 5 nitrogen and oxygen atoms in total. The van der Waals surface area contributed by atoms with E-state index in [9.17, 15) is 8.42 Å². The van der Waals surface area contributed by atoms with Gasteiger partial charge < -0.3 is 4.57 Å². The molecule has 7 heteroatoms. The van der Waals surface area contributed by atoms with E-state index in [-0.39, 0.29) is 4.90 Å². The van der Waals surface area contributed by atoms with E-state index in [0.717, 1.165) is 35.8 Å². The quantitative estimate of drug-likeness (QED) is 0.784. The first-order valence-corrected chi connectivity index (χ1v) is 10.0. The zero-order valence-electron chi connectivity index (χ0n) is 13.2. The summed E-state index contributed by atoms with van der Waals surface area (Å²) in [4.78, 5) is 4.73. The summed E-state index contributed by atoms with van der Waals surface area (Å²) in [5.74, 6) is 1.56. The summed E-state index contributed by atoms with van der Waals surface area (Å²) in [6.45, 7) is 7.39. The summed E-state index contributed by atoms with van der Waals surface area (Å²) in [5, 5.41) is 6.15. The molecule has 0 atom stereocenters. The summed E-state index contributed by atoms with van der Waals surface area (Å²) in [7, 11) is -3.70. The van der Waals surface area contributed by atoms with Crippen LogP contribution in [0.4, 0.5) is 0 Å². The van der Waals surface area contributed by atoms with Crippen molar-refractivity contribution in [3.8, 4) is 0 Å². The minimum absolute atomic E-state index is 0.112. The van der Waals surface area contributed by atoms with Crippen LogP contribution >= 0.6 is 11.8 Å². The third-order valence-electron chi connectivity index (χ3n) is 3.29. The molecule has 0 saturated carbocycles. The van der Waals surface area contributed by atoms with Crippen LogP contribution in [-0.4, -0.2) is 23.7 Å². The van der Waals surface area contributed by atoms with E-state index in [0.29, 0.717) is 11.4 Å². The van der Waals surface area contributed by atoms with Gasteiger partial charge in [-0.25, -0.2) is 18.5 Å². The summed E-state index contributed by atoms with van der Waals surface area (Å²) < 4.78 is 25.2. The van der Waals surface area contributed by atoms with Crippen LogP contribution in [0.3, 0.4) is 0 Å². The van der Waals surface area contributed by atoms with E-state index in [1.165, 1.54) is 0 Å². The van der Waals surface area contributed by atoms with Gasteiger partial charge in [0.25, 0.3) is 0 Å². The maximum atomic E-state index is 11.5. The molecule has 1 aromatic carbocycles. The second-order valence-corrected chi connectivity index (χ2v) is 8.35. The Morgan fingerprint density at radius 2 is 2.09 bits per heavy atom. The van der Waals surface area contributed by atoms with E-state index in [4.69, 9.17) is 5.14 Å². The Balaban J connectivity index is 2.47. The maximum absolute atomic E-state index is 11.5. The number of benzene rings is 1. The number of sulfonamides is 1. The summed E-state index contributed by atoms with van der Waals surface area (Å²) in [6.07, 6.45) is 2.17. The molecule has 0 amide bonds. The molecule has 1 heterocycles. The van der Waals surface area contributed by atoms with Gasteiger partial charge in [-0.15, -0.1) is 0 Å². The van der Waals surface area contributed by atoms with Crippen molar-refractivity contribution in [2.24, 2.45) is 11.1 Å². The number of nitrogens with zero attached hydrogens (tertiary/aromatic N) is 2. The first kappa shape index (κ1) is 17.3. The molecule has 0 spiro atoms. The number of aromatic nitrogens is 2. The second-order valence-electron chi connectivity index (χ2n) is 5.80. The SMILES string of the molecule is CCCCn1c(SCC(C)C)nc2cc(S(N)(=O)=O)ccc21. The molecule has 0 unspecified atom stereocenters. The van der Waals surface area contributed by atoms with Crippen molar-refractivity contribution in [3.05, 3.63) is 18.2 Å². The van der Waals surface area contributed by atoms with Crippen molar-refractivity contribution in [2.45, 2.75) is 50.2 Å². The Hall–Kier alpha value is -1.05. The number of nitrogens with two attached hydrogens (primary N) is 1. The first-order valence-electron chi connectivity index (χ1n) is 7.48.